The minimum absolute atomic E-state index is 0.0811. The van der Waals surface area contributed by atoms with E-state index in [1.165, 1.54) is 13.8 Å². The number of carboxylic acid groups (broad SMARTS) is 2. The van der Waals surface area contributed by atoms with Gasteiger partial charge in [0.2, 0.25) is 17.7 Å². The minimum atomic E-state index is -1.59. The molecule has 0 aromatic carbocycles. The lowest BCUT2D eigenvalue weighted by molar-refractivity contribution is -0.148. The zero-order valence-electron chi connectivity index (χ0n) is 16.6. The second-order valence-corrected chi connectivity index (χ2v) is 7.18. The lowest BCUT2D eigenvalue weighted by Crippen LogP contribution is -2.59. The molecule has 13 heteroatoms. The van der Waals surface area contributed by atoms with Gasteiger partial charge >= 0.3 is 11.9 Å². The Bertz CT molecular complexity index is 682. The van der Waals surface area contributed by atoms with Crippen LogP contribution in [0.4, 0.5) is 0 Å². The summed E-state index contributed by atoms with van der Waals surface area (Å²) >= 11 is 0. The molecule has 0 saturated carbocycles. The number of carbonyl (C=O) groups excluding carboxylic acids is 3. The molecular formula is C17H28N4O9. The summed E-state index contributed by atoms with van der Waals surface area (Å²) in [7, 11) is 0. The number of carbonyl (C=O) groups is 5. The fourth-order valence-corrected chi connectivity index (χ4v) is 3.00. The molecule has 170 valence electrons. The van der Waals surface area contributed by atoms with Crippen LogP contribution in [-0.2, 0) is 24.0 Å². The van der Waals surface area contributed by atoms with Crippen LogP contribution in [0.1, 0.15) is 33.1 Å². The first-order valence-corrected chi connectivity index (χ1v) is 9.34. The molecule has 1 aliphatic rings. The molecule has 1 heterocycles. The number of amides is 3. The third kappa shape index (κ3) is 6.64. The minimum Gasteiger partial charge on any atom is -0.481 e. The largest absolute Gasteiger partial charge is 0.481 e. The highest BCUT2D eigenvalue weighted by atomic mass is 16.4. The van der Waals surface area contributed by atoms with E-state index in [0.29, 0.717) is 6.42 Å². The normalized spacial score (nSPS) is 21.1. The van der Waals surface area contributed by atoms with Crippen LogP contribution in [0.3, 0.4) is 0 Å². The predicted octanol–water partition coefficient (Wildman–Crippen LogP) is -3.40. The number of nitrogens with zero attached hydrogens (tertiary/aromatic N) is 1. The number of aliphatic hydroxyl groups excluding tert-OH is 2. The van der Waals surface area contributed by atoms with Crippen LogP contribution < -0.4 is 16.4 Å². The Morgan fingerprint density at radius 1 is 1.07 bits per heavy atom. The number of nitrogens with one attached hydrogen (secondary N) is 2. The third-order valence-electron chi connectivity index (χ3n) is 4.70. The first-order chi connectivity index (χ1) is 13.9. The van der Waals surface area contributed by atoms with Crippen LogP contribution in [0.2, 0.25) is 0 Å². The van der Waals surface area contributed by atoms with E-state index in [4.69, 9.17) is 15.9 Å². The molecule has 8 N–H and O–H groups in total. The molecular weight excluding hydrogens is 404 g/mol. The van der Waals surface area contributed by atoms with Gasteiger partial charge in [-0.1, -0.05) is 0 Å². The summed E-state index contributed by atoms with van der Waals surface area (Å²) in [6, 6.07) is -5.63. The maximum atomic E-state index is 12.9. The fraction of sp³-hybridized carbons (Fsp3) is 0.706. The van der Waals surface area contributed by atoms with Gasteiger partial charge in [0.05, 0.1) is 18.6 Å². The van der Waals surface area contributed by atoms with Gasteiger partial charge in [-0.15, -0.1) is 0 Å². The van der Waals surface area contributed by atoms with E-state index < -0.39 is 72.5 Å². The Morgan fingerprint density at radius 3 is 2.13 bits per heavy atom. The van der Waals surface area contributed by atoms with Crippen molar-refractivity contribution < 1.29 is 44.4 Å². The maximum absolute atomic E-state index is 12.9. The highest BCUT2D eigenvalue weighted by molar-refractivity contribution is 5.96. The van der Waals surface area contributed by atoms with Gasteiger partial charge in [0, 0.05) is 6.54 Å². The molecule has 1 rings (SSSR count). The van der Waals surface area contributed by atoms with Crippen molar-refractivity contribution >= 4 is 29.7 Å². The van der Waals surface area contributed by atoms with Gasteiger partial charge in [0.1, 0.15) is 18.1 Å². The highest BCUT2D eigenvalue weighted by Gasteiger charge is 2.40. The Labute approximate surface area is 172 Å². The predicted molar refractivity (Wildman–Crippen MR) is 99.8 cm³/mol. The number of hydrogen-bond donors (Lipinski definition) is 7. The maximum Gasteiger partial charge on any atom is 0.328 e. The van der Waals surface area contributed by atoms with Gasteiger partial charge in [-0.05, 0) is 26.7 Å². The topological polar surface area (TPSA) is 220 Å². The molecule has 0 spiro atoms. The Kier molecular flexibility index (Phi) is 9.14. The number of rotatable bonds is 10. The van der Waals surface area contributed by atoms with E-state index in [1.807, 2.05) is 0 Å². The number of hydrogen-bond acceptors (Lipinski definition) is 8. The van der Waals surface area contributed by atoms with Crippen LogP contribution >= 0.6 is 0 Å². The van der Waals surface area contributed by atoms with Crippen LogP contribution in [0.15, 0.2) is 0 Å². The van der Waals surface area contributed by atoms with Crippen molar-refractivity contribution in [3.63, 3.8) is 0 Å². The molecule has 6 unspecified atom stereocenters. The van der Waals surface area contributed by atoms with Crippen LogP contribution in [0.5, 0.6) is 0 Å². The van der Waals surface area contributed by atoms with E-state index in [-0.39, 0.29) is 13.0 Å². The van der Waals surface area contributed by atoms with Crippen molar-refractivity contribution in [3.8, 4) is 0 Å². The third-order valence-corrected chi connectivity index (χ3v) is 4.70. The van der Waals surface area contributed by atoms with Gasteiger partial charge in [-0.2, -0.15) is 0 Å². The molecule has 1 fully saturated rings. The number of carboxylic acids is 2. The van der Waals surface area contributed by atoms with Gasteiger partial charge < -0.3 is 41.7 Å². The van der Waals surface area contributed by atoms with E-state index in [2.05, 4.69) is 10.6 Å². The average Bonchev–Trinajstić information content (AvgIpc) is 3.12. The standard InChI is InChI=1S/C17H28N4O9/c1-7(22)12(18)15(27)19-9(6-11(24)25)16(28)21-5-3-4-10(21)14(26)20-13(8(2)23)17(29)30/h7-10,12-13,22-23H,3-6,18H2,1-2H3,(H,19,27)(H,20,26)(H,24,25)(H,29,30). The summed E-state index contributed by atoms with van der Waals surface area (Å²) in [5, 5.41) is 41.4. The molecule has 1 aliphatic heterocycles. The number of aliphatic carboxylic acids is 2. The van der Waals surface area contributed by atoms with Crippen LogP contribution in [0, 0.1) is 0 Å². The molecule has 0 bridgehead atoms. The van der Waals surface area contributed by atoms with E-state index >= 15 is 0 Å². The first kappa shape index (κ1) is 25.3. The molecule has 0 radical (unpaired) electrons. The molecule has 30 heavy (non-hydrogen) atoms. The molecule has 3 amide bonds. The van der Waals surface area contributed by atoms with E-state index in [9.17, 15) is 34.2 Å². The van der Waals surface area contributed by atoms with Crippen molar-refractivity contribution in [2.24, 2.45) is 5.73 Å². The first-order valence-electron chi connectivity index (χ1n) is 9.34. The molecule has 13 nitrogen and oxygen atoms in total. The zero-order chi connectivity index (χ0) is 23.2. The highest BCUT2D eigenvalue weighted by Crippen LogP contribution is 2.20. The molecule has 1 saturated heterocycles. The fourth-order valence-electron chi connectivity index (χ4n) is 3.00. The van der Waals surface area contributed by atoms with E-state index in [0.717, 1.165) is 4.90 Å². The van der Waals surface area contributed by atoms with Crippen molar-refractivity contribution in [3.05, 3.63) is 0 Å². The zero-order valence-corrected chi connectivity index (χ0v) is 16.6. The van der Waals surface area contributed by atoms with Gasteiger partial charge in [-0.25, -0.2) is 4.79 Å². The monoisotopic (exact) mass is 432 g/mol. The SMILES string of the molecule is CC(O)C(N)C(=O)NC(CC(=O)O)C(=O)N1CCCC1C(=O)NC(C(=O)O)C(C)O. The Balaban J connectivity index is 2.99. The summed E-state index contributed by atoms with van der Waals surface area (Å²) in [5.41, 5.74) is 5.50. The van der Waals surface area contributed by atoms with Crippen molar-refractivity contribution in [1.29, 1.82) is 0 Å². The quantitative estimate of drug-likeness (QED) is 0.181. The second kappa shape index (κ2) is 10.8. The van der Waals surface area contributed by atoms with Gasteiger partial charge in [0.15, 0.2) is 6.04 Å². The number of aliphatic hydroxyl groups is 2. The molecule has 0 aliphatic carbocycles. The van der Waals surface area contributed by atoms with Crippen LogP contribution in [-0.4, -0.2) is 97.9 Å². The van der Waals surface area contributed by atoms with Crippen molar-refractivity contribution in [2.75, 3.05) is 6.54 Å². The summed E-state index contributed by atoms with van der Waals surface area (Å²) in [4.78, 5) is 60.8. The molecule has 6 atom stereocenters. The summed E-state index contributed by atoms with van der Waals surface area (Å²) in [5.74, 6) is -5.47. The number of likely N-dealkylation sites (tertiary alicyclic amines) is 1. The number of nitrogens with two attached hydrogens (primary N) is 1. The summed E-state index contributed by atoms with van der Waals surface area (Å²) in [6.07, 6.45) is -2.85. The van der Waals surface area contributed by atoms with Crippen molar-refractivity contribution in [2.45, 2.75) is 69.5 Å². The molecule has 0 aromatic heterocycles. The Morgan fingerprint density at radius 2 is 1.67 bits per heavy atom. The smallest absolute Gasteiger partial charge is 0.328 e. The lowest BCUT2D eigenvalue weighted by atomic mass is 10.1. The van der Waals surface area contributed by atoms with E-state index in [1.54, 1.807) is 0 Å². The van der Waals surface area contributed by atoms with Crippen LogP contribution in [0.25, 0.3) is 0 Å². The van der Waals surface area contributed by atoms with Crippen molar-refractivity contribution in [1.82, 2.24) is 15.5 Å². The molecule has 0 aromatic rings. The Hall–Kier alpha value is -2.77. The lowest BCUT2D eigenvalue weighted by Gasteiger charge is -2.30. The van der Waals surface area contributed by atoms with Gasteiger partial charge in [-0.3, -0.25) is 19.2 Å². The van der Waals surface area contributed by atoms with Gasteiger partial charge in [0.25, 0.3) is 0 Å². The second-order valence-electron chi connectivity index (χ2n) is 7.18. The average molecular weight is 432 g/mol. The summed E-state index contributed by atoms with van der Waals surface area (Å²) in [6.45, 7) is 2.51. The summed E-state index contributed by atoms with van der Waals surface area (Å²) < 4.78 is 0.